The highest BCUT2D eigenvalue weighted by Crippen LogP contribution is 2.10. The van der Waals surface area contributed by atoms with E-state index in [4.69, 9.17) is 0 Å². The molecule has 0 heterocycles. The molecule has 0 aliphatic heterocycles. The van der Waals surface area contributed by atoms with Crippen molar-refractivity contribution in [2.45, 2.75) is 13.3 Å². The summed E-state index contributed by atoms with van der Waals surface area (Å²) in [5.74, 6) is -1.66. The normalized spacial score (nSPS) is 9.90. The predicted molar refractivity (Wildman–Crippen MR) is 34.6 cm³/mol. The minimum Gasteiger partial charge on any atom is -0.203 e. The van der Waals surface area contributed by atoms with Crippen LogP contribution in [0.2, 0.25) is 0 Å². The molecule has 1 aromatic carbocycles. The van der Waals surface area contributed by atoms with Crippen LogP contribution in [0.15, 0.2) is 12.1 Å². The molecule has 53 valence electrons. The van der Waals surface area contributed by atoms with Crippen LogP contribution in [-0.4, -0.2) is 0 Å². The van der Waals surface area contributed by atoms with E-state index in [2.05, 4.69) is 6.07 Å². The molecule has 0 aliphatic rings. The van der Waals surface area contributed by atoms with Crippen molar-refractivity contribution >= 4 is 0 Å². The average Bonchev–Trinajstić information content (AvgIpc) is 1.95. The number of aryl methyl sites for hydroxylation is 1. The summed E-state index contributed by atoms with van der Waals surface area (Å²) in [6, 6.07) is 5.04. The summed E-state index contributed by atoms with van der Waals surface area (Å²) in [4.78, 5) is 0. The second-order valence-corrected chi connectivity index (χ2v) is 1.98. The second-order valence-electron chi connectivity index (χ2n) is 1.98. The molecular weight excluding hydrogens is 134 g/mol. The van der Waals surface area contributed by atoms with E-state index in [1.807, 2.05) is 0 Å². The third kappa shape index (κ3) is 1.15. The zero-order valence-corrected chi connectivity index (χ0v) is 5.62. The number of halogens is 2. The highest BCUT2D eigenvalue weighted by Gasteiger charge is 2.04. The van der Waals surface area contributed by atoms with Crippen molar-refractivity contribution < 1.29 is 8.78 Å². The first-order valence-electron chi connectivity index (χ1n) is 3.10. The highest BCUT2D eigenvalue weighted by atomic mass is 19.2. The molecule has 0 aromatic heterocycles. The molecule has 0 N–H and O–H groups in total. The van der Waals surface area contributed by atoms with Crippen LogP contribution in [0.4, 0.5) is 8.78 Å². The van der Waals surface area contributed by atoms with E-state index in [9.17, 15) is 8.78 Å². The largest absolute Gasteiger partial charge is 0.203 e. The summed E-state index contributed by atoms with van der Waals surface area (Å²) in [5, 5.41) is 0. The van der Waals surface area contributed by atoms with E-state index in [0.29, 0.717) is 12.0 Å². The van der Waals surface area contributed by atoms with Gasteiger partial charge in [-0.2, -0.15) is 0 Å². The summed E-state index contributed by atoms with van der Waals surface area (Å²) in [5.41, 5.74) is 0.399. The van der Waals surface area contributed by atoms with Crippen LogP contribution in [0.25, 0.3) is 0 Å². The molecule has 0 fully saturated rings. The molecule has 0 atom stereocenters. The lowest BCUT2D eigenvalue weighted by Crippen LogP contribution is -1.90. The summed E-state index contributed by atoms with van der Waals surface area (Å²) in [7, 11) is 0. The highest BCUT2D eigenvalue weighted by molar-refractivity contribution is 5.17. The van der Waals surface area contributed by atoms with E-state index >= 15 is 0 Å². The van der Waals surface area contributed by atoms with Crippen molar-refractivity contribution in [2.24, 2.45) is 0 Å². The van der Waals surface area contributed by atoms with E-state index < -0.39 is 11.6 Å². The number of hydrogen-bond donors (Lipinski definition) is 0. The van der Waals surface area contributed by atoms with Crippen molar-refractivity contribution in [2.75, 3.05) is 0 Å². The minimum absolute atomic E-state index is 0.399. The fourth-order valence-electron chi connectivity index (χ4n) is 0.766. The lowest BCUT2D eigenvalue weighted by atomic mass is 10.1. The first-order valence-corrected chi connectivity index (χ1v) is 3.10. The van der Waals surface area contributed by atoms with E-state index in [1.165, 1.54) is 12.1 Å². The predicted octanol–water partition coefficient (Wildman–Crippen LogP) is 2.33. The molecule has 0 bridgehead atoms. The molecule has 0 aliphatic carbocycles. The molecule has 1 rings (SSSR count). The van der Waals surface area contributed by atoms with Gasteiger partial charge in [0.15, 0.2) is 11.6 Å². The van der Waals surface area contributed by atoms with Crippen LogP contribution in [-0.2, 0) is 6.42 Å². The van der Waals surface area contributed by atoms with Gasteiger partial charge in [-0.1, -0.05) is 19.1 Å². The van der Waals surface area contributed by atoms with E-state index in [1.54, 1.807) is 6.92 Å². The van der Waals surface area contributed by atoms with Crippen molar-refractivity contribution in [3.63, 3.8) is 0 Å². The quantitative estimate of drug-likeness (QED) is 0.563. The molecule has 0 spiro atoms. The zero-order valence-electron chi connectivity index (χ0n) is 5.62. The second kappa shape index (κ2) is 2.78. The Morgan fingerprint density at radius 2 is 2.20 bits per heavy atom. The van der Waals surface area contributed by atoms with Gasteiger partial charge in [-0.3, -0.25) is 0 Å². The third-order valence-electron chi connectivity index (χ3n) is 1.35. The van der Waals surface area contributed by atoms with Gasteiger partial charge in [-0.15, -0.1) is 0 Å². The summed E-state index contributed by atoms with van der Waals surface area (Å²) >= 11 is 0. The Morgan fingerprint density at radius 1 is 1.50 bits per heavy atom. The Kier molecular flexibility index (Phi) is 2.00. The van der Waals surface area contributed by atoms with Gasteiger partial charge in [0, 0.05) is 6.07 Å². The molecular formula is C8H7F2. The first-order chi connectivity index (χ1) is 4.75. The lowest BCUT2D eigenvalue weighted by molar-refractivity contribution is 0.498. The van der Waals surface area contributed by atoms with Gasteiger partial charge in [-0.05, 0) is 12.0 Å². The van der Waals surface area contributed by atoms with Crippen LogP contribution >= 0.6 is 0 Å². The first kappa shape index (κ1) is 7.19. The Hall–Kier alpha value is -0.920. The van der Waals surface area contributed by atoms with Gasteiger partial charge in [0.2, 0.25) is 0 Å². The zero-order chi connectivity index (χ0) is 7.56. The molecule has 1 aromatic rings. The smallest absolute Gasteiger partial charge is 0.167 e. The van der Waals surface area contributed by atoms with Crippen LogP contribution in [0.5, 0.6) is 0 Å². The van der Waals surface area contributed by atoms with Crippen molar-refractivity contribution in [1.29, 1.82) is 0 Å². The molecule has 0 unspecified atom stereocenters. The topological polar surface area (TPSA) is 0 Å². The Morgan fingerprint density at radius 3 is 2.70 bits per heavy atom. The van der Waals surface area contributed by atoms with Crippen molar-refractivity contribution in [1.82, 2.24) is 0 Å². The van der Waals surface area contributed by atoms with Crippen LogP contribution in [0, 0.1) is 17.7 Å². The van der Waals surface area contributed by atoms with Crippen LogP contribution in [0.3, 0.4) is 0 Å². The average molecular weight is 141 g/mol. The molecule has 1 radical (unpaired) electrons. The maximum Gasteiger partial charge on any atom is 0.167 e. The number of benzene rings is 1. The fourth-order valence-corrected chi connectivity index (χ4v) is 0.766. The van der Waals surface area contributed by atoms with E-state index in [0.717, 1.165) is 0 Å². The standard InChI is InChI=1S/C8H7F2/c1-2-6-4-3-5-7(9)8(6)10/h3-4H,2H2,1H3. The van der Waals surface area contributed by atoms with Gasteiger partial charge >= 0.3 is 0 Å². The molecule has 0 amide bonds. The summed E-state index contributed by atoms with van der Waals surface area (Å²) < 4.78 is 24.9. The Labute approximate surface area is 58.5 Å². The number of hydrogen-bond acceptors (Lipinski definition) is 0. The molecule has 0 saturated carbocycles. The lowest BCUT2D eigenvalue weighted by Gasteiger charge is -1.97. The Balaban J connectivity index is 3.14. The van der Waals surface area contributed by atoms with Gasteiger partial charge in [0.05, 0.1) is 0 Å². The van der Waals surface area contributed by atoms with Crippen LogP contribution < -0.4 is 0 Å². The SMILES string of the molecule is CCc1cc[c]c(F)c1F. The van der Waals surface area contributed by atoms with E-state index in [-0.39, 0.29) is 0 Å². The van der Waals surface area contributed by atoms with Gasteiger partial charge in [0.25, 0.3) is 0 Å². The maximum atomic E-state index is 12.6. The monoisotopic (exact) mass is 141 g/mol. The summed E-state index contributed by atoms with van der Waals surface area (Å²) in [6.45, 7) is 1.78. The minimum atomic E-state index is -0.889. The van der Waals surface area contributed by atoms with Crippen molar-refractivity contribution in [3.8, 4) is 0 Å². The maximum absolute atomic E-state index is 12.6. The van der Waals surface area contributed by atoms with Gasteiger partial charge in [-0.25, -0.2) is 8.78 Å². The summed E-state index contributed by atoms with van der Waals surface area (Å²) in [6.07, 6.45) is 0.511. The van der Waals surface area contributed by atoms with Gasteiger partial charge in [0.1, 0.15) is 0 Å². The molecule has 0 saturated heterocycles. The molecule has 2 heteroatoms. The Bertz CT molecular complexity index is 231. The fraction of sp³-hybridized carbons (Fsp3) is 0.250. The van der Waals surface area contributed by atoms with Gasteiger partial charge < -0.3 is 0 Å². The number of rotatable bonds is 1. The molecule has 10 heavy (non-hydrogen) atoms. The third-order valence-corrected chi connectivity index (χ3v) is 1.35. The van der Waals surface area contributed by atoms with Crippen molar-refractivity contribution in [3.05, 3.63) is 35.4 Å². The molecule has 0 nitrogen and oxygen atoms in total. The van der Waals surface area contributed by atoms with Crippen LogP contribution in [0.1, 0.15) is 12.5 Å².